The van der Waals surface area contributed by atoms with Crippen LogP contribution in [0.2, 0.25) is 0 Å². The van der Waals surface area contributed by atoms with Gasteiger partial charge in [0.05, 0.1) is 10.7 Å². The summed E-state index contributed by atoms with van der Waals surface area (Å²) >= 11 is 1.40. The summed E-state index contributed by atoms with van der Waals surface area (Å²) in [6.07, 6.45) is 0. The summed E-state index contributed by atoms with van der Waals surface area (Å²) in [6.45, 7) is 6.55. The van der Waals surface area contributed by atoms with Gasteiger partial charge in [-0.15, -0.1) is 11.3 Å². The number of hydrogen-bond donors (Lipinski definition) is 2. The van der Waals surface area contributed by atoms with Gasteiger partial charge >= 0.3 is 0 Å². The fraction of sp³-hybridized carbons (Fsp3) is 0.545. The Kier molecular flexibility index (Phi) is 2.80. The number of nitrogens with two attached hydrogens (primary N) is 2. The molecule has 0 spiro atoms. The zero-order valence-corrected chi connectivity index (χ0v) is 10.4. The minimum absolute atomic E-state index is 0.436. The van der Waals surface area contributed by atoms with Crippen molar-refractivity contribution in [1.29, 1.82) is 0 Å². The molecule has 2 atom stereocenters. The first-order chi connectivity index (χ1) is 7.49. The van der Waals surface area contributed by atoms with Crippen LogP contribution in [0.1, 0.15) is 23.5 Å². The Morgan fingerprint density at radius 2 is 2.00 bits per heavy atom. The fourth-order valence-electron chi connectivity index (χ4n) is 2.05. The average Bonchev–Trinajstić information content (AvgIpc) is 2.71. The molecule has 2 heterocycles. The maximum absolute atomic E-state index is 11.1. The van der Waals surface area contributed by atoms with Crippen LogP contribution in [0.15, 0.2) is 6.07 Å². The van der Waals surface area contributed by atoms with Gasteiger partial charge < -0.3 is 16.4 Å². The number of hydrogen-bond acceptors (Lipinski definition) is 4. The SMILES string of the molecule is CC1CN(c2cc(N)c(C(N)=O)s2)CC1C. The predicted molar refractivity (Wildman–Crippen MR) is 67.8 cm³/mol. The molecule has 0 aliphatic carbocycles. The molecule has 0 saturated carbocycles. The molecule has 4 N–H and O–H groups in total. The van der Waals surface area contributed by atoms with E-state index in [1.165, 1.54) is 11.3 Å². The molecule has 0 bridgehead atoms. The van der Waals surface area contributed by atoms with E-state index >= 15 is 0 Å². The van der Waals surface area contributed by atoms with E-state index in [1.807, 2.05) is 6.07 Å². The molecule has 4 nitrogen and oxygen atoms in total. The van der Waals surface area contributed by atoms with Gasteiger partial charge in [0.15, 0.2) is 0 Å². The minimum atomic E-state index is -0.436. The van der Waals surface area contributed by atoms with Crippen LogP contribution in [0.3, 0.4) is 0 Å². The monoisotopic (exact) mass is 239 g/mol. The Morgan fingerprint density at radius 3 is 2.44 bits per heavy atom. The largest absolute Gasteiger partial charge is 0.397 e. The third-order valence-corrected chi connectivity index (χ3v) is 4.50. The first kappa shape index (κ1) is 11.3. The highest BCUT2D eigenvalue weighted by atomic mass is 32.1. The van der Waals surface area contributed by atoms with E-state index in [2.05, 4.69) is 18.7 Å². The standard InChI is InChI=1S/C11H17N3OS/c1-6-4-14(5-7(6)2)9-3-8(12)10(16-9)11(13)15/h3,6-7H,4-5,12H2,1-2H3,(H2,13,15). The number of rotatable bonds is 2. The van der Waals surface area contributed by atoms with Crippen molar-refractivity contribution < 1.29 is 4.79 Å². The zero-order chi connectivity index (χ0) is 11.9. The van der Waals surface area contributed by atoms with Crippen molar-refractivity contribution in [3.8, 4) is 0 Å². The Balaban J connectivity index is 2.22. The van der Waals surface area contributed by atoms with Gasteiger partial charge in [0.2, 0.25) is 0 Å². The molecule has 1 fully saturated rings. The predicted octanol–water partition coefficient (Wildman–Crippen LogP) is 1.52. The molecular formula is C11H17N3OS. The molecule has 1 saturated heterocycles. The second-order valence-corrected chi connectivity index (χ2v) is 5.62. The van der Waals surface area contributed by atoms with Gasteiger partial charge in [-0.2, -0.15) is 0 Å². The molecule has 88 valence electrons. The highest BCUT2D eigenvalue weighted by molar-refractivity contribution is 7.18. The smallest absolute Gasteiger partial charge is 0.260 e. The Hall–Kier alpha value is -1.23. The van der Waals surface area contributed by atoms with Crippen LogP contribution in [0, 0.1) is 11.8 Å². The second kappa shape index (κ2) is 3.97. The maximum Gasteiger partial charge on any atom is 0.260 e. The van der Waals surface area contributed by atoms with Gasteiger partial charge in [-0.05, 0) is 17.9 Å². The lowest BCUT2D eigenvalue weighted by molar-refractivity contribution is 0.100. The maximum atomic E-state index is 11.1. The summed E-state index contributed by atoms with van der Waals surface area (Å²) in [4.78, 5) is 13.9. The van der Waals surface area contributed by atoms with E-state index in [1.54, 1.807) is 0 Å². The number of amides is 1. The highest BCUT2D eigenvalue weighted by Crippen LogP contribution is 2.36. The average molecular weight is 239 g/mol. The van der Waals surface area contributed by atoms with Crippen LogP contribution in [0.5, 0.6) is 0 Å². The normalized spacial score (nSPS) is 25.0. The third kappa shape index (κ3) is 1.87. The van der Waals surface area contributed by atoms with E-state index in [9.17, 15) is 4.79 Å². The lowest BCUT2D eigenvalue weighted by Crippen LogP contribution is -2.18. The van der Waals surface area contributed by atoms with E-state index in [0.29, 0.717) is 22.4 Å². The van der Waals surface area contributed by atoms with Gasteiger partial charge in [0, 0.05) is 13.1 Å². The second-order valence-electron chi connectivity index (χ2n) is 4.59. The van der Waals surface area contributed by atoms with Crippen molar-refractivity contribution in [2.24, 2.45) is 17.6 Å². The Morgan fingerprint density at radius 1 is 1.44 bits per heavy atom. The number of primary amides is 1. The summed E-state index contributed by atoms with van der Waals surface area (Å²) in [5.74, 6) is 0.926. The van der Waals surface area contributed by atoms with Crippen molar-refractivity contribution in [1.82, 2.24) is 0 Å². The molecule has 0 radical (unpaired) electrons. The van der Waals surface area contributed by atoms with Gasteiger partial charge in [0.1, 0.15) is 4.88 Å². The minimum Gasteiger partial charge on any atom is -0.397 e. The number of carbonyl (C=O) groups is 1. The van der Waals surface area contributed by atoms with Crippen LogP contribution in [-0.2, 0) is 0 Å². The third-order valence-electron chi connectivity index (χ3n) is 3.27. The van der Waals surface area contributed by atoms with E-state index in [-0.39, 0.29) is 0 Å². The molecule has 2 unspecified atom stereocenters. The summed E-state index contributed by atoms with van der Waals surface area (Å²) in [5, 5.41) is 1.06. The fourth-order valence-corrected chi connectivity index (χ4v) is 3.00. The molecule has 1 aliphatic rings. The van der Waals surface area contributed by atoms with Crippen LogP contribution in [-0.4, -0.2) is 19.0 Å². The van der Waals surface area contributed by atoms with Gasteiger partial charge in [-0.25, -0.2) is 0 Å². The molecule has 1 aromatic rings. The molecule has 1 aliphatic heterocycles. The van der Waals surface area contributed by atoms with Crippen molar-refractivity contribution in [2.75, 3.05) is 23.7 Å². The number of thiophene rings is 1. The molecule has 1 aromatic heterocycles. The van der Waals surface area contributed by atoms with Crippen LogP contribution in [0.4, 0.5) is 10.7 Å². The molecule has 2 rings (SSSR count). The molecular weight excluding hydrogens is 222 g/mol. The summed E-state index contributed by atoms with van der Waals surface area (Å²) in [7, 11) is 0. The molecule has 1 amide bonds. The van der Waals surface area contributed by atoms with E-state index < -0.39 is 5.91 Å². The Labute approximate surface area is 99.2 Å². The number of carbonyl (C=O) groups excluding carboxylic acids is 1. The number of anilines is 2. The Bertz CT molecular complexity index is 405. The van der Waals surface area contributed by atoms with Crippen molar-refractivity contribution in [3.05, 3.63) is 10.9 Å². The number of nitrogen functional groups attached to an aromatic ring is 1. The summed E-state index contributed by atoms with van der Waals surface area (Å²) in [5.41, 5.74) is 11.5. The van der Waals surface area contributed by atoms with Gasteiger partial charge in [-0.1, -0.05) is 13.8 Å². The first-order valence-electron chi connectivity index (χ1n) is 5.43. The molecule has 0 aromatic carbocycles. The van der Waals surface area contributed by atoms with Gasteiger partial charge in [0.25, 0.3) is 5.91 Å². The van der Waals surface area contributed by atoms with Crippen molar-refractivity contribution in [2.45, 2.75) is 13.8 Å². The first-order valence-corrected chi connectivity index (χ1v) is 6.24. The topological polar surface area (TPSA) is 72.3 Å². The highest BCUT2D eigenvalue weighted by Gasteiger charge is 2.28. The zero-order valence-electron chi connectivity index (χ0n) is 9.56. The van der Waals surface area contributed by atoms with E-state index in [4.69, 9.17) is 11.5 Å². The van der Waals surface area contributed by atoms with Crippen LogP contribution >= 0.6 is 11.3 Å². The van der Waals surface area contributed by atoms with Crippen molar-refractivity contribution >= 4 is 27.9 Å². The lowest BCUT2D eigenvalue weighted by Gasteiger charge is -2.14. The van der Waals surface area contributed by atoms with Gasteiger partial charge in [-0.3, -0.25) is 4.79 Å². The number of nitrogens with zero attached hydrogens (tertiary/aromatic N) is 1. The summed E-state index contributed by atoms with van der Waals surface area (Å²) < 4.78 is 0. The van der Waals surface area contributed by atoms with Crippen molar-refractivity contribution in [3.63, 3.8) is 0 Å². The molecule has 5 heteroatoms. The van der Waals surface area contributed by atoms with E-state index in [0.717, 1.165) is 18.1 Å². The van der Waals surface area contributed by atoms with Crippen LogP contribution in [0.25, 0.3) is 0 Å². The summed E-state index contributed by atoms with van der Waals surface area (Å²) in [6, 6.07) is 1.86. The quantitative estimate of drug-likeness (QED) is 0.822. The molecule has 16 heavy (non-hydrogen) atoms. The van der Waals surface area contributed by atoms with Crippen LogP contribution < -0.4 is 16.4 Å². The lowest BCUT2D eigenvalue weighted by atomic mass is 10.0.